The lowest BCUT2D eigenvalue weighted by Gasteiger charge is -2.17. The molecule has 3 aromatic rings. The number of nitrogens with zero attached hydrogens (tertiary/aromatic N) is 4. The molecule has 1 aromatic heterocycles. The molecule has 0 aliphatic carbocycles. The fourth-order valence-electron chi connectivity index (χ4n) is 2.71. The third-order valence-electron chi connectivity index (χ3n) is 4.16. The number of carbonyl (C=O) groups is 1. The van der Waals surface area contributed by atoms with Crippen molar-refractivity contribution in [1.29, 1.82) is 0 Å². The molecule has 0 radical (unpaired) electrons. The number of aromatic nitrogens is 2. The Balaban J connectivity index is 1.72. The van der Waals surface area contributed by atoms with Gasteiger partial charge in [-0.2, -0.15) is 5.10 Å². The zero-order valence-electron chi connectivity index (χ0n) is 14.9. The second-order valence-electron chi connectivity index (χ2n) is 6.21. The van der Waals surface area contributed by atoms with Crippen molar-refractivity contribution in [2.45, 2.75) is 13.1 Å². The Morgan fingerprint density at radius 3 is 2.61 bits per heavy atom. The molecule has 0 saturated heterocycles. The molecular formula is C19H16Cl2N4O3. The van der Waals surface area contributed by atoms with Crippen molar-refractivity contribution in [1.82, 2.24) is 14.7 Å². The van der Waals surface area contributed by atoms with Crippen LogP contribution in [0.25, 0.3) is 0 Å². The van der Waals surface area contributed by atoms with Crippen LogP contribution in [0.4, 0.5) is 5.69 Å². The Hall–Kier alpha value is -2.90. The Morgan fingerprint density at radius 1 is 1.18 bits per heavy atom. The molecule has 144 valence electrons. The maximum Gasteiger partial charge on any atom is 0.269 e. The van der Waals surface area contributed by atoms with Crippen LogP contribution in [0.3, 0.4) is 0 Å². The molecule has 1 heterocycles. The third kappa shape index (κ3) is 4.49. The standard InChI is InChI=1S/C19H16Cl2N4O3/c1-23(10-14-8-16(25(27)28)6-7-18(14)21)19(26)15-9-22-24(12-15)11-13-4-2-3-5-17(13)20/h2-9,12H,10-11H2,1H3. The number of hydrogen-bond acceptors (Lipinski definition) is 4. The van der Waals surface area contributed by atoms with Crippen molar-refractivity contribution in [2.24, 2.45) is 0 Å². The predicted molar refractivity (Wildman–Crippen MR) is 107 cm³/mol. The molecule has 0 spiro atoms. The molecule has 0 aliphatic heterocycles. The Morgan fingerprint density at radius 2 is 1.89 bits per heavy atom. The van der Waals surface area contributed by atoms with Crippen LogP contribution >= 0.6 is 23.2 Å². The number of nitro benzene ring substituents is 1. The summed E-state index contributed by atoms with van der Waals surface area (Å²) in [6.07, 6.45) is 3.11. The van der Waals surface area contributed by atoms with Crippen molar-refractivity contribution in [3.8, 4) is 0 Å². The first kappa shape index (κ1) is 19.9. The number of rotatable bonds is 6. The smallest absolute Gasteiger partial charge is 0.269 e. The van der Waals surface area contributed by atoms with Gasteiger partial charge in [-0.3, -0.25) is 19.6 Å². The normalized spacial score (nSPS) is 10.7. The Kier molecular flexibility index (Phi) is 5.96. The summed E-state index contributed by atoms with van der Waals surface area (Å²) in [5, 5.41) is 16.1. The average molecular weight is 419 g/mol. The molecule has 0 bridgehead atoms. The summed E-state index contributed by atoms with van der Waals surface area (Å²) in [6.45, 7) is 0.572. The van der Waals surface area contributed by atoms with Crippen LogP contribution in [0, 0.1) is 10.1 Å². The molecule has 0 atom stereocenters. The number of non-ortho nitro benzene ring substituents is 1. The lowest BCUT2D eigenvalue weighted by molar-refractivity contribution is -0.384. The third-order valence-corrected chi connectivity index (χ3v) is 4.90. The summed E-state index contributed by atoms with van der Waals surface area (Å²) in [5.41, 5.74) is 1.71. The average Bonchev–Trinajstić information content (AvgIpc) is 3.13. The highest BCUT2D eigenvalue weighted by atomic mass is 35.5. The molecule has 9 heteroatoms. The van der Waals surface area contributed by atoms with Gasteiger partial charge in [-0.25, -0.2) is 0 Å². The van der Waals surface area contributed by atoms with E-state index in [-0.39, 0.29) is 18.1 Å². The van der Waals surface area contributed by atoms with Gasteiger partial charge in [0.25, 0.3) is 11.6 Å². The molecule has 3 rings (SSSR count). The first-order chi connectivity index (χ1) is 13.3. The second-order valence-corrected chi connectivity index (χ2v) is 7.03. The van der Waals surface area contributed by atoms with Crippen LogP contribution in [0.15, 0.2) is 54.9 Å². The van der Waals surface area contributed by atoms with Crippen LogP contribution in [-0.4, -0.2) is 32.6 Å². The van der Waals surface area contributed by atoms with Crippen LogP contribution in [0.5, 0.6) is 0 Å². The first-order valence-corrected chi connectivity index (χ1v) is 9.05. The Labute approximate surface area is 171 Å². The quantitative estimate of drug-likeness (QED) is 0.438. The topological polar surface area (TPSA) is 81.3 Å². The van der Waals surface area contributed by atoms with Crippen molar-refractivity contribution in [3.63, 3.8) is 0 Å². The van der Waals surface area contributed by atoms with Crippen molar-refractivity contribution >= 4 is 34.8 Å². The van der Waals surface area contributed by atoms with E-state index in [0.717, 1.165) is 5.56 Å². The van der Waals surface area contributed by atoms with E-state index in [9.17, 15) is 14.9 Å². The lowest BCUT2D eigenvalue weighted by atomic mass is 10.2. The fourth-order valence-corrected chi connectivity index (χ4v) is 3.08. The van der Waals surface area contributed by atoms with E-state index in [1.807, 2.05) is 18.2 Å². The summed E-state index contributed by atoms with van der Waals surface area (Å²) >= 11 is 12.3. The summed E-state index contributed by atoms with van der Waals surface area (Å²) in [7, 11) is 1.60. The number of benzene rings is 2. The molecule has 0 aliphatic rings. The summed E-state index contributed by atoms with van der Waals surface area (Å²) in [5.74, 6) is -0.270. The Bertz CT molecular complexity index is 1040. The van der Waals surface area contributed by atoms with Gasteiger partial charge in [0.2, 0.25) is 0 Å². The molecule has 2 aromatic carbocycles. The zero-order chi connectivity index (χ0) is 20.3. The molecule has 7 nitrogen and oxygen atoms in total. The van der Waals surface area contributed by atoms with Crippen LogP contribution < -0.4 is 0 Å². The van der Waals surface area contributed by atoms with Gasteiger partial charge in [-0.15, -0.1) is 0 Å². The molecule has 1 amide bonds. The maximum absolute atomic E-state index is 12.7. The minimum Gasteiger partial charge on any atom is -0.337 e. The number of halogens is 2. The van der Waals surface area contributed by atoms with Gasteiger partial charge in [-0.05, 0) is 23.3 Å². The van der Waals surface area contributed by atoms with E-state index < -0.39 is 4.92 Å². The number of carbonyl (C=O) groups excluding carboxylic acids is 1. The highest BCUT2D eigenvalue weighted by molar-refractivity contribution is 6.31. The molecule has 0 saturated carbocycles. The van der Waals surface area contributed by atoms with E-state index in [2.05, 4.69) is 5.10 Å². The van der Waals surface area contributed by atoms with Gasteiger partial charge in [0, 0.05) is 42.0 Å². The van der Waals surface area contributed by atoms with E-state index in [0.29, 0.717) is 27.7 Å². The summed E-state index contributed by atoms with van der Waals surface area (Å²) in [6, 6.07) is 11.6. The van der Waals surface area contributed by atoms with E-state index >= 15 is 0 Å². The van der Waals surface area contributed by atoms with Gasteiger partial charge < -0.3 is 4.90 Å². The van der Waals surface area contributed by atoms with Gasteiger partial charge in [0.15, 0.2) is 0 Å². The lowest BCUT2D eigenvalue weighted by Crippen LogP contribution is -2.26. The predicted octanol–water partition coefficient (Wildman–Crippen LogP) is 4.42. The van der Waals surface area contributed by atoms with Gasteiger partial charge >= 0.3 is 0 Å². The number of amides is 1. The van der Waals surface area contributed by atoms with Crippen LogP contribution in [0.1, 0.15) is 21.5 Å². The van der Waals surface area contributed by atoms with Gasteiger partial charge in [0.05, 0.1) is 23.2 Å². The van der Waals surface area contributed by atoms with Crippen molar-refractivity contribution in [3.05, 3.63) is 91.7 Å². The zero-order valence-corrected chi connectivity index (χ0v) is 16.4. The second kappa shape index (κ2) is 8.41. The molecule has 0 unspecified atom stereocenters. The molecule has 0 fully saturated rings. The number of hydrogen-bond donors (Lipinski definition) is 0. The maximum atomic E-state index is 12.7. The van der Waals surface area contributed by atoms with Gasteiger partial charge in [0.1, 0.15) is 0 Å². The van der Waals surface area contributed by atoms with E-state index in [1.54, 1.807) is 24.0 Å². The summed E-state index contributed by atoms with van der Waals surface area (Å²) < 4.78 is 1.63. The summed E-state index contributed by atoms with van der Waals surface area (Å²) in [4.78, 5) is 24.6. The van der Waals surface area contributed by atoms with E-state index in [1.165, 1.54) is 29.3 Å². The van der Waals surface area contributed by atoms with Crippen LogP contribution in [-0.2, 0) is 13.1 Å². The van der Waals surface area contributed by atoms with Crippen LogP contribution in [0.2, 0.25) is 10.0 Å². The van der Waals surface area contributed by atoms with Crippen molar-refractivity contribution in [2.75, 3.05) is 7.05 Å². The monoisotopic (exact) mass is 418 g/mol. The molecular weight excluding hydrogens is 403 g/mol. The minimum absolute atomic E-state index is 0.0761. The van der Waals surface area contributed by atoms with Gasteiger partial charge in [-0.1, -0.05) is 41.4 Å². The van der Waals surface area contributed by atoms with E-state index in [4.69, 9.17) is 23.2 Å². The molecule has 0 N–H and O–H groups in total. The first-order valence-electron chi connectivity index (χ1n) is 8.29. The fraction of sp³-hybridized carbons (Fsp3) is 0.158. The molecule has 28 heavy (non-hydrogen) atoms. The largest absolute Gasteiger partial charge is 0.337 e. The highest BCUT2D eigenvalue weighted by Gasteiger charge is 2.17. The number of nitro groups is 1. The highest BCUT2D eigenvalue weighted by Crippen LogP contribution is 2.23. The van der Waals surface area contributed by atoms with Crippen molar-refractivity contribution < 1.29 is 9.72 Å². The SMILES string of the molecule is CN(Cc1cc([N+](=O)[O-])ccc1Cl)C(=O)c1cnn(Cc2ccccc2Cl)c1. The minimum atomic E-state index is -0.500.